The van der Waals surface area contributed by atoms with E-state index in [1.165, 1.54) is 13.4 Å². The van der Waals surface area contributed by atoms with Gasteiger partial charge in [0.05, 0.1) is 19.2 Å². The lowest BCUT2D eigenvalue weighted by Crippen LogP contribution is -2.17. The molecular weight excluding hydrogens is 332 g/mol. The van der Waals surface area contributed by atoms with Gasteiger partial charge in [0, 0.05) is 19.3 Å². The maximum absolute atomic E-state index is 12.0. The van der Waals surface area contributed by atoms with Gasteiger partial charge < -0.3 is 14.7 Å². The number of hydrogen-bond donors (Lipinski definition) is 1. The number of methoxy groups -OCH3 is 1. The molecule has 7 heteroatoms. The summed E-state index contributed by atoms with van der Waals surface area (Å²) in [6, 6.07) is 12.7. The minimum Gasteiger partial charge on any atom is -0.508 e. The molecule has 3 aromatic rings. The molecule has 0 fully saturated rings. The first-order valence-electron chi connectivity index (χ1n) is 8.09. The molecule has 0 saturated heterocycles. The molecular formula is C19H20N4O3. The van der Waals surface area contributed by atoms with Gasteiger partial charge in [0.1, 0.15) is 18.4 Å². The molecule has 0 atom stereocenters. The van der Waals surface area contributed by atoms with Crippen LogP contribution in [0.2, 0.25) is 0 Å². The number of nitrogens with zero attached hydrogens (tertiary/aromatic N) is 4. The molecule has 2 aromatic carbocycles. The van der Waals surface area contributed by atoms with E-state index >= 15 is 0 Å². The van der Waals surface area contributed by atoms with E-state index in [0.717, 1.165) is 16.8 Å². The number of ether oxygens (including phenoxy) is 1. The summed E-state index contributed by atoms with van der Waals surface area (Å²) in [5, 5.41) is 13.5. The summed E-state index contributed by atoms with van der Waals surface area (Å²) in [6.07, 6.45) is 3.10. The molecule has 26 heavy (non-hydrogen) atoms. The molecule has 0 aliphatic heterocycles. The maximum Gasteiger partial charge on any atom is 0.337 e. The number of rotatable bonds is 6. The van der Waals surface area contributed by atoms with Crippen molar-refractivity contribution in [1.82, 2.24) is 14.8 Å². The van der Waals surface area contributed by atoms with E-state index in [1.54, 1.807) is 35.3 Å². The first kappa shape index (κ1) is 17.5. The van der Waals surface area contributed by atoms with Crippen molar-refractivity contribution in [2.24, 2.45) is 0 Å². The second kappa shape index (κ2) is 7.69. The van der Waals surface area contributed by atoms with E-state index in [4.69, 9.17) is 4.74 Å². The third-order valence-corrected chi connectivity index (χ3v) is 4.01. The molecule has 0 aliphatic rings. The van der Waals surface area contributed by atoms with Crippen molar-refractivity contribution in [3.05, 3.63) is 71.8 Å². The van der Waals surface area contributed by atoms with Gasteiger partial charge >= 0.3 is 5.97 Å². The number of phenolic OH excluding ortho intramolecular Hbond substituents is 1. The number of benzene rings is 2. The van der Waals surface area contributed by atoms with E-state index in [0.29, 0.717) is 18.7 Å². The smallest absolute Gasteiger partial charge is 0.337 e. The Hall–Kier alpha value is -3.35. The number of hydrogen-bond acceptors (Lipinski definition) is 6. The standard InChI is InChI=1S/C19H20N4O3/c1-22(10-14-3-5-18(24)6-4-14)17-8-15(11-23-13-20-12-21-23)7-16(9-17)19(25)26-2/h3-9,12-13,24H,10-11H2,1-2H3. The normalized spacial score (nSPS) is 10.5. The predicted octanol–water partition coefficient (Wildman–Crippen LogP) is 2.46. The number of aromatic nitrogens is 3. The van der Waals surface area contributed by atoms with Crippen molar-refractivity contribution in [2.45, 2.75) is 13.1 Å². The number of carbonyl (C=O) groups is 1. The molecule has 0 spiro atoms. The zero-order chi connectivity index (χ0) is 18.5. The van der Waals surface area contributed by atoms with Crippen molar-refractivity contribution >= 4 is 11.7 Å². The van der Waals surface area contributed by atoms with Crippen molar-refractivity contribution in [3.63, 3.8) is 0 Å². The molecule has 1 aromatic heterocycles. The zero-order valence-electron chi connectivity index (χ0n) is 14.7. The van der Waals surface area contributed by atoms with Crippen LogP contribution in [-0.2, 0) is 17.8 Å². The van der Waals surface area contributed by atoms with Crippen LogP contribution in [0.4, 0.5) is 5.69 Å². The van der Waals surface area contributed by atoms with Crippen LogP contribution in [0.3, 0.4) is 0 Å². The summed E-state index contributed by atoms with van der Waals surface area (Å²) < 4.78 is 6.57. The van der Waals surface area contributed by atoms with Gasteiger partial charge in [-0.1, -0.05) is 12.1 Å². The third-order valence-electron chi connectivity index (χ3n) is 4.01. The molecule has 0 saturated carbocycles. The average molecular weight is 352 g/mol. The fourth-order valence-electron chi connectivity index (χ4n) is 2.69. The van der Waals surface area contributed by atoms with E-state index in [2.05, 4.69) is 10.1 Å². The molecule has 0 aliphatic carbocycles. The van der Waals surface area contributed by atoms with Gasteiger partial charge in [-0.2, -0.15) is 5.10 Å². The van der Waals surface area contributed by atoms with Crippen LogP contribution in [0.15, 0.2) is 55.1 Å². The van der Waals surface area contributed by atoms with E-state index in [9.17, 15) is 9.90 Å². The quantitative estimate of drug-likeness (QED) is 0.687. The van der Waals surface area contributed by atoms with Crippen molar-refractivity contribution < 1.29 is 14.6 Å². The Labute approximate surface area is 151 Å². The molecule has 1 heterocycles. The second-order valence-electron chi connectivity index (χ2n) is 6.00. The predicted molar refractivity (Wildman–Crippen MR) is 97.1 cm³/mol. The molecule has 7 nitrogen and oxygen atoms in total. The first-order chi connectivity index (χ1) is 12.5. The lowest BCUT2D eigenvalue weighted by molar-refractivity contribution is 0.0600. The van der Waals surface area contributed by atoms with Gasteiger partial charge in [-0.3, -0.25) is 0 Å². The zero-order valence-corrected chi connectivity index (χ0v) is 14.7. The lowest BCUT2D eigenvalue weighted by atomic mass is 10.1. The fourth-order valence-corrected chi connectivity index (χ4v) is 2.69. The van der Waals surface area contributed by atoms with Crippen molar-refractivity contribution in [2.75, 3.05) is 19.1 Å². The summed E-state index contributed by atoms with van der Waals surface area (Å²) in [4.78, 5) is 18.0. The number of esters is 1. The first-order valence-corrected chi connectivity index (χ1v) is 8.09. The van der Waals surface area contributed by atoms with Crippen LogP contribution < -0.4 is 4.90 Å². The van der Waals surface area contributed by atoms with Crippen molar-refractivity contribution in [3.8, 4) is 5.75 Å². The summed E-state index contributed by atoms with van der Waals surface area (Å²) in [5.41, 5.74) is 3.34. The van der Waals surface area contributed by atoms with E-state index < -0.39 is 0 Å². The van der Waals surface area contributed by atoms with Gasteiger partial charge in [-0.05, 0) is 41.5 Å². The molecule has 3 rings (SSSR count). The van der Waals surface area contributed by atoms with Crippen LogP contribution in [-0.4, -0.2) is 40.0 Å². The highest BCUT2D eigenvalue weighted by molar-refractivity contribution is 5.90. The van der Waals surface area contributed by atoms with Crippen LogP contribution in [0.1, 0.15) is 21.5 Å². The highest BCUT2D eigenvalue weighted by Gasteiger charge is 2.12. The van der Waals surface area contributed by atoms with E-state index in [-0.39, 0.29) is 11.7 Å². The van der Waals surface area contributed by atoms with Crippen LogP contribution >= 0.6 is 0 Å². The SMILES string of the molecule is COC(=O)c1cc(Cn2cncn2)cc(N(C)Cc2ccc(O)cc2)c1. The largest absolute Gasteiger partial charge is 0.508 e. The van der Waals surface area contributed by atoms with E-state index in [1.807, 2.05) is 30.1 Å². The summed E-state index contributed by atoms with van der Waals surface area (Å²) >= 11 is 0. The molecule has 1 N–H and O–H groups in total. The number of aromatic hydroxyl groups is 1. The molecule has 0 radical (unpaired) electrons. The van der Waals surface area contributed by atoms with Crippen LogP contribution in [0.5, 0.6) is 5.75 Å². The fraction of sp³-hybridized carbons (Fsp3) is 0.211. The number of anilines is 1. The van der Waals surface area contributed by atoms with Crippen LogP contribution in [0, 0.1) is 0 Å². The van der Waals surface area contributed by atoms with Crippen molar-refractivity contribution in [1.29, 1.82) is 0 Å². The van der Waals surface area contributed by atoms with Gasteiger partial charge in [0.2, 0.25) is 0 Å². The Bertz CT molecular complexity index is 876. The molecule has 0 amide bonds. The third kappa shape index (κ3) is 4.18. The lowest BCUT2D eigenvalue weighted by Gasteiger charge is -2.21. The Morgan fingerprint density at radius 1 is 1.19 bits per heavy atom. The highest BCUT2D eigenvalue weighted by Crippen LogP contribution is 2.22. The second-order valence-corrected chi connectivity index (χ2v) is 6.00. The van der Waals surface area contributed by atoms with Crippen LogP contribution in [0.25, 0.3) is 0 Å². The average Bonchev–Trinajstić information content (AvgIpc) is 3.15. The Morgan fingerprint density at radius 3 is 2.62 bits per heavy atom. The summed E-state index contributed by atoms with van der Waals surface area (Å²) in [5.74, 6) is -0.149. The number of phenols is 1. The summed E-state index contributed by atoms with van der Waals surface area (Å²) in [7, 11) is 3.31. The van der Waals surface area contributed by atoms with Gasteiger partial charge in [-0.15, -0.1) is 0 Å². The summed E-state index contributed by atoms with van der Waals surface area (Å²) in [6.45, 7) is 1.14. The Morgan fingerprint density at radius 2 is 1.96 bits per heavy atom. The molecule has 0 unspecified atom stereocenters. The van der Waals surface area contributed by atoms with Gasteiger partial charge in [0.15, 0.2) is 0 Å². The monoisotopic (exact) mass is 352 g/mol. The van der Waals surface area contributed by atoms with Gasteiger partial charge in [0.25, 0.3) is 0 Å². The van der Waals surface area contributed by atoms with Gasteiger partial charge in [-0.25, -0.2) is 14.5 Å². The Balaban J connectivity index is 1.88. The Kier molecular flexibility index (Phi) is 5.17. The maximum atomic E-state index is 12.0. The minimum absolute atomic E-state index is 0.235. The molecule has 0 bridgehead atoms. The topological polar surface area (TPSA) is 80.5 Å². The number of carbonyl (C=O) groups excluding carboxylic acids is 1. The highest BCUT2D eigenvalue weighted by atomic mass is 16.5. The minimum atomic E-state index is -0.385. The molecule has 134 valence electrons.